The summed E-state index contributed by atoms with van der Waals surface area (Å²) in [5.74, 6) is -0.521. The van der Waals surface area contributed by atoms with Gasteiger partial charge in [-0.2, -0.15) is 0 Å². The van der Waals surface area contributed by atoms with Crippen LogP contribution in [0.25, 0.3) is 0 Å². The number of carbonyl (C=O) groups is 3. The Labute approximate surface area is 203 Å². The topological polar surface area (TPSA) is 119 Å². The predicted molar refractivity (Wildman–Crippen MR) is 125 cm³/mol. The van der Waals surface area contributed by atoms with Crippen LogP contribution in [0.1, 0.15) is 52.7 Å². The van der Waals surface area contributed by atoms with Gasteiger partial charge in [0.1, 0.15) is 24.6 Å². The van der Waals surface area contributed by atoms with Crippen molar-refractivity contribution >= 4 is 17.8 Å². The maximum absolute atomic E-state index is 13.0. The molecule has 5 rings (SSSR count). The van der Waals surface area contributed by atoms with Gasteiger partial charge in [0, 0.05) is 24.1 Å². The number of nitrogens with one attached hydrogen (secondary N) is 1. The number of benzene rings is 2. The second-order valence-electron chi connectivity index (χ2n) is 9.41. The lowest BCUT2D eigenvalue weighted by Gasteiger charge is -2.35. The van der Waals surface area contributed by atoms with Crippen molar-refractivity contribution in [3.8, 4) is 5.75 Å². The van der Waals surface area contributed by atoms with Crippen molar-refractivity contribution in [2.75, 3.05) is 6.54 Å². The number of carboxylic acids is 1. The number of aliphatic hydroxyl groups excluding tert-OH is 1. The third kappa shape index (κ3) is 4.74. The van der Waals surface area contributed by atoms with Crippen molar-refractivity contribution in [2.24, 2.45) is 0 Å². The van der Waals surface area contributed by atoms with E-state index in [0.29, 0.717) is 43.9 Å². The lowest BCUT2D eigenvalue weighted by atomic mass is 10.0. The number of piperidine rings is 1. The molecule has 3 aliphatic heterocycles. The molecular weight excluding hydrogens is 450 g/mol. The highest BCUT2D eigenvalue weighted by Crippen LogP contribution is 2.34. The van der Waals surface area contributed by atoms with Gasteiger partial charge in [-0.05, 0) is 49.1 Å². The number of ether oxygens (including phenoxy) is 1. The van der Waals surface area contributed by atoms with Gasteiger partial charge in [-0.1, -0.05) is 30.3 Å². The summed E-state index contributed by atoms with van der Waals surface area (Å²) >= 11 is 0. The molecule has 0 spiro atoms. The highest BCUT2D eigenvalue weighted by molar-refractivity contribution is 5.99. The standard InChI is InChI=1S/C26H29N3O6/c30-23-11-10-20(24(31)27-23)29-14-19-18(25(29)32)3-1-5-22(19)35-15-17-8-6-16(7-9-17)13-28-12-2-4-21(28)26(33)34/h1,3,5-9,20-21,24,31H,2,4,10-15H2,(H,27,30)(H,33,34)/t20?,21-,24?/m1/s1. The Kier molecular flexibility index (Phi) is 6.44. The van der Waals surface area contributed by atoms with E-state index < -0.39 is 24.3 Å². The van der Waals surface area contributed by atoms with E-state index in [-0.39, 0.29) is 18.2 Å². The minimum absolute atomic E-state index is 0.170. The van der Waals surface area contributed by atoms with Gasteiger partial charge in [0.25, 0.3) is 5.91 Å². The third-order valence-corrected chi connectivity index (χ3v) is 7.15. The van der Waals surface area contributed by atoms with Crippen molar-refractivity contribution in [3.05, 3.63) is 64.7 Å². The molecule has 0 saturated carbocycles. The Bertz CT molecular complexity index is 1130. The van der Waals surface area contributed by atoms with Crippen molar-refractivity contribution in [2.45, 2.75) is 63.7 Å². The van der Waals surface area contributed by atoms with E-state index in [2.05, 4.69) is 5.32 Å². The Morgan fingerprint density at radius 3 is 2.60 bits per heavy atom. The molecule has 3 atom stereocenters. The van der Waals surface area contributed by atoms with E-state index in [4.69, 9.17) is 4.74 Å². The van der Waals surface area contributed by atoms with Crippen LogP contribution in [0.5, 0.6) is 5.75 Å². The first-order valence-electron chi connectivity index (χ1n) is 12.0. The van der Waals surface area contributed by atoms with Crippen molar-refractivity contribution in [3.63, 3.8) is 0 Å². The average Bonchev–Trinajstić information content (AvgIpc) is 3.44. The van der Waals surface area contributed by atoms with Gasteiger partial charge in [0.2, 0.25) is 5.91 Å². The number of amides is 2. The Balaban J connectivity index is 1.22. The summed E-state index contributed by atoms with van der Waals surface area (Å²) < 4.78 is 6.09. The van der Waals surface area contributed by atoms with Crippen molar-refractivity contribution < 1.29 is 29.3 Å². The van der Waals surface area contributed by atoms with E-state index in [1.807, 2.05) is 35.2 Å². The summed E-state index contributed by atoms with van der Waals surface area (Å²) in [5, 5.41) is 22.2. The van der Waals surface area contributed by atoms with Crippen LogP contribution in [0.4, 0.5) is 0 Å². The fourth-order valence-corrected chi connectivity index (χ4v) is 5.26. The molecule has 0 radical (unpaired) electrons. The minimum Gasteiger partial charge on any atom is -0.489 e. The fraction of sp³-hybridized carbons (Fsp3) is 0.423. The molecule has 9 heteroatoms. The first-order chi connectivity index (χ1) is 16.9. The highest BCUT2D eigenvalue weighted by atomic mass is 16.5. The number of hydrogen-bond donors (Lipinski definition) is 3. The van der Waals surface area contributed by atoms with Crippen LogP contribution in [0.15, 0.2) is 42.5 Å². The molecule has 2 aromatic carbocycles. The zero-order chi connectivity index (χ0) is 24.5. The molecule has 2 unspecified atom stereocenters. The third-order valence-electron chi connectivity index (χ3n) is 7.15. The summed E-state index contributed by atoms with van der Waals surface area (Å²) in [5.41, 5.74) is 3.36. The fourth-order valence-electron chi connectivity index (χ4n) is 5.26. The SMILES string of the molecule is O=C1CCC(N2Cc3c(OCc4ccc(CN5CCC[C@@H]5C(=O)O)cc4)cccc3C2=O)C(O)N1. The first kappa shape index (κ1) is 23.3. The maximum Gasteiger partial charge on any atom is 0.320 e. The van der Waals surface area contributed by atoms with Crippen LogP contribution in [-0.2, 0) is 29.3 Å². The number of likely N-dealkylation sites (tertiary alicyclic amines) is 1. The molecule has 2 saturated heterocycles. The van der Waals surface area contributed by atoms with E-state index in [1.165, 1.54) is 0 Å². The largest absolute Gasteiger partial charge is 0.489 e. The molecule has 0 aromatic heterocycles. The number of carboxylic acid groups (broad SMARTS) is 1. The van der Waals surface area contributed by atoms with Gasteiger partial charge >= 0.3 is 5.97 Å². The monoisotopic (exact) mass is 479 g/mol. The summed E-state index contributed by atoms with van der Waals surface area (Å²) in [6, 6.07) is 12.4. The molecule has 0 bridgehead atoms. The molecule has 184 valence electrons. The van der Waals surface area contributed by atoms with E-state index in [9.17, 15) is 24.6 Å². The quantitative estimate of drug-likeness (QED) is 0.555. The molecule has 35 heavy (non-hydrogen) atoms. The molecule has 2 fully saturated rings. The second-order valence-corrected chi connectivity index (χ2v) is 9.41. The number of fused-ring (bicyclic) bond motifs is 1. The number of hydrogen-bond acceptors (Lipinski definition) is 6. The average molecular weight is 480 g/mol. The Morgan fingerprint density at radius 1 is 1.09 bits per heavy atom. The van der Waals surface area contributed by atoms with Gasteiger partial charge < -0.3 is 25.2 Å². The number of carbonyl (C=O) groups excluding carboxylic acids is 2. The highest BCUT2D eigenvalue weighted by Gasteiger charge is 2.40. The first-order valence-corrected chi connectivity index (χ1v) is 12.0. The van der Waals surface area contributed by atoms with Crippen LogP contribution in [-0.4, -0.2) is 62.7 Å². The molecule has 3 aliphatic rings. The van der Waals surface area contributed by atoms with E-state index in [0.717, 1.165) is 29.7 Å². The molecular formula is C26H29N3O6. The molecule has 0 aliphatic carbocycles. The summed E-state index contributed by atoms with van der Waals surface area (Å²) in [4.78, 5) is 39.5. The summed E-state index contributed by atoms with van der Waals surface area (Å²) in [7, 11) is 0. The lowest BCUT2D eigenvalue weighted by Crippen LogP contribution is -2.55. The smallest absolute Gasteiger partial charge is 0.320 e. The number of aliphatic hydroxyl groups is 1. The van der Waals surface area contributed by atoms with Crippen LogP contribution < -0.4 is 10.1 Å². The second kappa shape index (κ2) is 9.67. The van der Waals surface area contributed by atoms with Gasteiger partial charge in [0.15, 0.2) is 0 Å². The van der Waals surface area contributed by atoms with Crippen LogP contribution >= 0.6 is 0 Å². The number of rotatable bonds is 7. The predicted octanol–water partition coefficient (Wildman–Crippen LogP) is 1.87. The van der Waals surface area contributed by atoms with Gasteiger partial charge in [-0.15, -0.1) is 0 Å². The van der Waals surface area contributed by atoms with Gasteiger partial charge in [-0.3, -0.25) is 19.3 Å². The molecule has 2 amide bonds. The maximum atomic E-state index is 13.0. The molecule has 3 heterocycles. The van der Waals surface area contributed by atoms with Crippen LogP contribution in [0.2, 0.25) is 0 Å². The minimum atomic E-state index is -1.08. The zero-order valence-corrected chi connectivity index (χ0v) is 19.4. The van der Waals surface area contributed by atoms with Gasteiger partial charge in [-0.25, -0.2) is 0 Å². The molecule has 3 N–H and O–H groups in total. The van der Waals surface area contributed by atoms with Crippen LogP contribution in [0.3, 0.4) is 0 Å². The van der Waals surface area contributed by atoms with Crippen LogP contribution in [0, 0.1) is 0 Å². The van der Waals surface area contributed by atoms with E-state index >= 15 is 0 Å². The van der Waals surface area contributed by atoms with E-state index in [1.54, 1.807) is 17.0 Å². The normalized spacial score (nSPS) is 24.4. The number of nitrogens with zero attached hydrogens (tertiary/aromatic N) is 2. The van der Waals surface area contributed by atoms with Crippen molar-refractivity contribution in [1.82, 2.24) is 15.1 Å². The van der Waals surface area contributed by atoms with Crippen molar-refractivity contribution in [1.29, 1.82) is 0 Å². The Morgan fingerprint density at radius 2 is 1.86 bits per heavy atom. The zero-order valence-electron chi connectivity index (χ0n) is 19.4. The summed E-state index contributed by atoms with van der Waals surface area (Å²) in [6.45, 7) is 2.05. The lowest BCUT2D eigenvalue weighted by molar-refractivity contribution is -0.142. The molecule has 9 nitrogen and oxygen atoms in total. The number of aliphatic carboxylic acids is 1. The Hall–Kier alpha value is -3.43. The molecule has 2 aromatic rings. The van der Waals surface area contributed by atoms with Gasteiger partial charge in [0.05, 0.1) is 12.6 Å². The summed E-state index contributed by atoms with van der Waals surface area (Å²) in [6.07, 6.45) is 1.20.